The number of nitrogens with zero attached hydrogens (tertiary/aromatic N) is 1. The molecule has 1 aromatic carbocycles. The molecule has 0 saturated heterocycles. The number of likely N-dealkylation sites (N-methyl/N-ethyl adjacent to an activating group) is 1. The Bertz CT molecular complexity index is 580. The number of nitrogens with two attached hydrogens (primary N) is 1. The van der Waals surface area contributed by atoms with Crippen LogP contribution < -0.4 is 11.3 Å². The van der Waals surface area contributed by atoms with Crippen LogP contribution in [0.4, 0.5) is 0 Å². The maximum atomic E-state index is 12.0. The van der Waals surface area contributed by atoms with Gasteiger partial charge in [0.05, 0.1) is 12.5 Å². The monoisotopic (exact) mass is 287 g/mol. The highest BCUT2D eigenvalue weighted by atomic mass is 16.3. The van der Waals surface area contributed by atoms with E-state index in [0.717, 1.165) is 17.1 Å². The average Bonchev–Trinajstić information content (AvgIpc) is 2.90. The summed E-state index contributed by atoms with van der Waals surface area (Å²) < 4.78 is 5.56. The summed E-state index contributed by atoms with van der Waals surface area (Å²) in [4.78, 5) is 14.1. The molecule has 112 valence electrons. The van der Waals surface area contributed by atoms with Crippen molar-refractivity contribution >= 4 is 5.91 Å². The van der Waals surface area contributed by atoms with E-state index in [1.807, 2.05) is 61.3 Å². The van der Waals surface area contributed by atoms with Crippen molar-refractivity contribution in [1.29, 1.82) is 0 Å². The van der Waals surface area contributed by atoms with Crippen molar-refractivity contribution in [2.75, 3.05) is 13.6 Å². The van der Waals surface area contributed by atoms with Gasteiger partial charge in [0.25, 0.3) is 0 Å². The Hall–Kier alpha value is -2.11. The number of aryl methyl sites for hydroxylation is 1. The summed E-state index contributed by atoms with van der Waals surface area (Å²) >= 11 is 0. The van der Waals surface area contributed by atoms with Crippen LogP contribution in [0, 0.1) is 6.92 Å². The Morgan fingerprint density at radius 3 is 2.57 bits per heavy atom. The van der Waals surface area contributed by atoms with Crippen molar-refractivity contribution in [2.24, 2.45) is 5.84 Å². The maximum absolute atomic E-state index is 12.0. The Morgan fingerprint density at radius 1 is 1.29 bits per heavy atom. The molecule has 0 aliphatic heterocycles. The zero-order valence-corrected chi connectivity index (χ0v) is 12.4. The van der Waals surface area contributed by atoms with Gasteiger partial charge in [-0.05, 0) is 31.7 Å². The quantitative estimate of drug-likeness (QED) is 0.483. The highest BCUT2D eigenvalue weighted by molar-refractivity contribution is 5.83. The fraction of sp³-hybridized carbons (Fsp3) is 0.312. The van der Waals surface area contributed by atoms with E-state index in [1.165, 1.54) is 0 Å². The number of furan rings is 1. The summed E-state index contributed by atoms with van der Waals surface area (Å²) in [6.07, 6.45) is 0. The van der Waals surface area contributed by atoms with Gasteiger partial charge in [0.2, 0.25) is 5.91 Å². The molecule has 0 spiro atoms. The van der Waals surface area contributed by atoms with Gasteiger partial charge in [-0.3, -0.25) is 15.1 Å². The smallest absolute Gasteiger partial charge is 0.242 e. The van der Waals surface area contributed by atoms with Gasteiger partial charge in [-0.25, -0.2) is 5.84 Å². The van der Waals surface area contributed by atoms with E-state index < -0.39 is 0 Å². The van der Waals surface area contributed by atoms with E-state index in [9.17, 15) is 4.79 Å². The Balaban J connectivity index is 2.06. The highest BCUT2D eigenvalue weighted by Gasteiger charge is 2.21. The first-order valence-electron chi connectivity index (χ1n) is 6.89. The first-order valence-corrected chi connectivity index (χ1v) is 6.89. The molecule has 5 nitrogen and oxygen atoms in total. The van der Waals surface area contributed by atoms with Crippen molar-refractivity contribution in [3.8, 4) is 0 Å². The number of carbonyl (C=O) groups is 1. The summed E-state index contributed by atoms with van der Waals surface area (Å²) in [6.45, 7) is 3.12. The van der Waals surface area contributed by atoms with Crippen LogP contribution in [0.1, 0.15) is 23.0 Å². The van der Waals surface area contributed by atoms with Crippen LogP contribution in [0.2, 0.25) is 0 Å². The van der Waals surface area contributed by atoms with Gasteiger partial charge in [-0.1, -0.05) is 30.3 Å². The number of rotatable bonds is 6. The first-order chi connectivity index (χ1) is 10.1. The third-order valence-electron chi connectivity index (χ3n) is 3.38. The topological polar surface area (TPSA) is 71.5 Å². The van der Waals surface area contributed by atoms with Crippen molar-refractivity contribution in [3.05, 3.63) is 59.5 Å². The number of benzene rings is 1. The third-order valence-corrected chi connectivity index (χ3v) is 3.38. The second-order valence-electron chi connectivity index (χ2n) is 5.18. The molecule has 0 radical (unpaired) electrons. The largest absolute Gasteiger partial charge is 0.465 e. The van der Waals surface area contributed by atoms with Crippen molar-refractivity contribution in [3.63, 3.8) is 0 Å². The molecule has 1 atom stereocenters. The number of hydrazine groups is 1. The fourth-order valence-electron chi connectivity index (χ4n) is 2.34. The predicted molar refractivity (Wildman–Crippen MR) is 81.3 cm³/mol. The Kier molecular flexibility index (Phi) is 5.14. The van der Waals surface area contributed by atoms with Crippen LogP contribution in [-0.4, -0.2) is 24.4 Å². The second kappa shape index (κ2) is 7.06. The molecule has 1 amide bonds. The summed E-state index contributed by atoms with van der Waals surface area (Å²) in [6, 6.07) is 13.5. The number of hydrogen-bond acceptors (Lipinski definition) is 4. The van der Waals surface area contributed by atoms with Crippen LogP contribution in [-0.2, 0) is 11.3 Å². The number of hydrogen-bond donors (Lipinski definition) is 2. The molecule has 2 aromatic rings. The highest BCUT2D eigenvalue weighted by Crippen LogP contribution is 2.18. The zero-order chi connectivity index (χ0) is 15.2. The van der Waals surface area contributed by atoms with Crippen LogP contribution >= 0.6 is 0 Å². The molecule has 0 bridgehead atoms. The molecule has 1 heterocycles. The van der Waals surface area contributed by atoms with Gasteiger partial charge in [-0.2, -0.15) is 0 Å². The minimum absolute atomic E-state index is 0.191. The van der Waals surface area contributed by atoms with Gasteiger partial charge in [-0.15, -0.1) is 0 Å². The lowest BCUT2D eigenvalue weighted by Crippen LogP contribution is -2.39. The Labute approximate surface area is 124 Å². The van der Waals surface area contributed by atoms with Crippen molar-refractivity contribution in [1.82, 2.24) is 10.3 Å². The molecule has 21 heavy (non-hydrogen) atoms. The lowest BCUT2D eigenvalue weighted by atomic mass is 9.98. The molecule has 1 unspecified atom stereocenters. The molecule has 0 fully saturated rings. The molecular weight excluding hydrogens is 266 g/mol. The number of nitrogens with one attached hydrogen (secondary N) is 1. The van der Waals surface area contributed by atoms with E-state index in [4.69, 9.17) is 10.3 Å². The van der Waals surface area contributed by atoms with Crippen LogP contribution in [0.5, 0.6) is 0 Å². The lowest BCUT2D eigenvalue weighted by molar-refractivity contribution is -0.123. The predicted octanol–water partition coefficient (Wildman–Crippen LogP) is 1.79. The van der Waals surface area contributed by atoms with E-state index in [0.29, 0.717) is 13.1 Å². The molecular formula is C16H21N3O2. The number of amides is 1. The molecule has 5 heteroatoms. The Morgan fingerprint density at radius 2 is 2.00 bits per heavy atom. The lowest BCUT2D eigenvalue weighted by Gasteiger charge is -2.22. The first kappa shape index (κ1) is 15.3. The normalized spacial score (nSPS) is 12.4. The third kappa shape index (κ3) is 4.18. The van der Waals surface area contributed by atoms with E-state index in [-0.39, 0.29) is 11.8 Å². The molecule has 0 saturated carbocycles. The summed E-state index contributed by atoms with van der Waals surface area (Å²) in [5.41, 5.74) is 3.20. The SMILES string of the molecule is Cc1ccc(CN(C)CC(C(=O)NN)c2ccccc2)o1. The van der Waals surface area contributed by atoms with Crippen LogP contribution in [0.15, 0.2) is 46.9 Å². The van der Waals surface area contributed by atoms with Crippen molar-refractivity contribution in [2.45, 2.75) is 19.4 Å². The van der Waals surface area contributed by atoms with Gasteiger partial charge < -0.3 is 4.42 Å². The summed E-state index contributed by atoms with van der Waals surface area (Å²) in [5.74, 6) is 6.58. The molecule has 2 rings (SSSR count). The standard InChI is InChI=1S/C16H21N3O2/c1-12-8-9-14(21-12)10-19(2)11-15(16(20)18-17)13-6-4-3-5-7-13/h3-9,15H,10-11,17H2,1-2H3,(H,18,20). The molecule has 1 aromatic heterocycles. The second-order valence-corrected chi connectivity index (χ2v) is 5.18. The van der Waals surface area contributed by atoms with E-state index in [1.54, 1.807) is 0 Å². The molecule has 0 aliphatic carbocycles. The van der Waals surface area contributed by atoms with Crippen molar-refractivity contribution < 1.29 is 9.21 Å². The summed E-state index contributed by atoms with van der Waals surface area (Å²) in [7, 11) is 1.96. The zero-order valence-electron chi connectivity index (χ0n) is 12.4. The van der Waals surface area contributed by atoms with E-state index >= 15 is 0 Å². The average molecular weight is 287 g/mol. The van der Waals surface area contributed by atoms with Gasteiger partial charge in [0, 0.05) is 6.54 Å². The summed E-state index contributed by atoms with van der Waals surface area (Å²) in [5, 5.41) is 0. The number of carbonyl (C=O) groups excluding carboxylic acids is 1. The molecule has 3 N–H and O–H groups in total. The van der Waals surface area contributed by atoms with Crippen LogP contribution in [0.25, 0.3) is 0 Å². The van der Waals surface area contributed by atoms with Gasteiger partial charge >= 0.3 is 0 Å². The van der Waals surface area contributed by atoms with Crippen LogP contribution in [0.3, 0.4) is 0 Å². The minimum atomic E-state index is -0.308. The minimum Gasteiger partial charge on any atom is -0.465 e. The van der Waals surface area contributed by atoms with E-state index in [2.05, 4.69) is 5.43 Å². The fourth-order valence-corrected chi connectivity index (χ4v) is 2.34. The van der Waals surface area contributed by atoms with Gasteiger partial charge in [0.15, 0.2) is 0 Å². The maximum Gasteiger partial charge on any atom is 0.242 e. The molecule has 0 aliphatic rings. The van der Waals surface area contributed by atoms with Gasteiger partial charge in [0.1, 0.15) is 11.5 Å².